The lowest BCUT2D eigenvalue weighted by molar-refractivity contribution is 1.03. The molecular weight excluding hydrogens is 787 g/mol. The molecule has 0 atom stereocenters. The van der Waals surface area contributed by atoms with Gasteiger partial charge in [0.15, 0.2) is 17.5 Å². The van der Waals surface area contributed by atoms with Crippen LogP contribution in [-0.4, -0.2) is 24.1 Å². The Labute approximate surface area is 367 Å². The van der Waals surface area contributed by atoms with Gasteiger partial charge < -0.3 is 0 Å². The number of rotatable bonds is 6. The Morgan fingerprint density at radius 2 is 0.937 bits per heavy atom. The summed E-state index contributed by atoms with van der Waals surface area (Å²) in [6.45, 7) is 0. The molecule has 1 aliphatic heterocycles. The van der Waals surface area contributed by atoms with Crippen LogP contribution in [0.3, 0.4) is 0 Å². The van der Waals surface area contributed by atoms with Crippen molar-refractivity contribution in [2.75, 3.05) is 0 Å². The van der Waals surface area contributed by atoms with Gasteiger partial charge in [-0.25, -0.2) is 15.0 Å². The first kappa shape index (κ1) is 35.7. The van der Waals surface area contributed by atoms with Crippen LogP contribution in [0.2, 0.25) is 0 Å². The maximum atomic E-state index is 5.19. The number of para-hydroxylation sites is 3. The predicted molar refractivity (Wildman–Crippen MR) is 260 cm³/mol. The van der Waals surface area contributed by atoms with Gasteiger partial charge in [0.1, 0.15) is 5.65 Å². The van der Waals surface area contributed by atoms with Crippen LogP contribution in [-0.2, 0) is 0 Å². The summed E-state index contributed by atoms with van der Waals surface area (Å²) in [5.41, 5.74) is 13.2. The molecule has 0 aliphatic carbocycles. The molecule has 0 fully saturated rings. The van der Waals surface area contributed by atoms with Crippen LogP contribution in [0.1, 0.15) is 0 Å². The van der Waals surface area contributed by atoms with Gasteiger partial charge >= 0.3 is 0 Å². The average molecular weight is 822 g/mol. The number of benzene rings is 9. The Bertz CT molecular complexity index is 3750. The van der Waals surface area contributed by atoms with Crippen molar-refractivity contribution in [1.29, 1.82) is 0 Å². The van der Waals surface area contributed by atoms with Crippen molar-refractivity contribution in [1.82, 2.24) is 24.1 Å². The fourth-order valence-electron chi connectivity index (χ4n) is 9.46. The van der Waals surface area contributed by atoms with Crippen molar-refractivity contribution in [3.05, 3.63) is 212 Å². The van der Waals surface area contributed by atoms with Crippen molar-refractivity contribution in [2.24, 2.45) is 0 Å². The molecule has 0 radical (unpaired) electrons. The van der Waals surface area contributed by atoms with Crippen molar-refractivity contribution in [3.8, 4) is 67.8 Å². The summed E-state index contributed by atoms with van der Waals surface area (Å²) in [4.78, 5) is 18.1. The molecule has 9 aromatic carbocycles. The highest BCUT2D eigenvalue weighted by atomic mass is 32.2. The Morgan fingerprint density at radius 3 is 1.76 bits per heavy atom. The first-order valence-electron chi connectivity index (χ1n) is 21.2. The average Bonchev–Trinajstić information content (AvgIpc) is 3.88. The highest BCUT2D eigenvalue weighted by Gasteiger charge is 2.27. The minimum absolute atomic E-state index is 0.617. The van der Waals surface area contributed by atoms with Crippen LogP contribution < -0.4 is 0 Å². The molecule has 294 valence electrons. The zero-order chi connectivity index (χ0) is 41.4. The number of nitrogens with zero attached hydrogens (tertiary/aromatic N) is 5. The standard InChI is InChI=1S/C57H35N5S/c1-2-13-36(14-3-1)41-17-10-18-42(35-41)56-59-54(39-29-27-38(28-30-39)45-21-11-16-37-15-4-5-19-44(37)45)58-55(60-56)40-31-33-43(34-32-40)61-48-23-7-6-20-46(48)52-47-22-12-26-51-53(47)62(57(52)61)49-24-8-9-25-50(49)63-51/h1-35H. The Morgan fingerprint density at radius 1 is 0.365 bits per heavy atom. The number of aromatic nitrogens is 5. The van der Waals surface area contributed by atoms with Crippen LogP contribution >= 0.6 is 11.8 Å². The van der Waals surface area contributed by atoms with E-state index in [1.165, 1.54) is 53.5 Å². The Balaban J connectivity index is 0.962. The van der Waals surface area contributed by atoms with E-state index < -0.39 is 0 Å². The van der Waals surface area contributed by atoms with E-state index in [0.717, 1.165) is 50.2 Å². The number of hydrogen-bond donors (Lipinski definition) is 0. The molecule has 63 heavy (non-hydrogen) atoms. The van der Waals surface area contributed by atoms with Gasteiger partial charge in [0.2, 0.25) is 0 Å². The molecule has 4 heterocycles. The first-order valence-corrected chi connectivity index (χ1v) is 22.0. The van der Waals surface area contributed by atoms with Crippen molar-refractivity contribution >= 4 is 55.4 Å². The monoisotopic (exact) mass is 821 g/mol. The van der Waals surface area contributed by atoms with E-state index in [0.29, 0.717) is 17.5 Å². The second-order valence-corrected chi connectivity index (χ2v) is 17.1. The van der Waals surface area contributed by atoms with Gasteiger partial charge in [-0.2, -0.15) is 0 Å². The third-order valence-corrected chi connectivity index (χ3v) is 13.5. The smallest absolute Gasteiger partial charge is 0.164 e. The van der Waals surface area contributed by atoms with Crippen LogP contribution in [0.15, 0.2) is 222 Å². The molecule has 5 nitrogen and oxygen atoms in total. The molecule has 13 rings (SSSR count). The first-order chi connectivity index (χ1) is 31.2. The lowest BCUT2D eigenvalue weighted by Gasteiger charge is -2.21. The van der Waals surface area contributed by atoms with Crippen molar-refractivity contribution in [2.45, 2.75) is 9.79 Å². The lowest BCUT2D eigenvalue weighted by atomic mass is 9.97. The van der Waals surface area contributed by atoms with Gasteiger partial charge in [-0.15, -0.1) is 0 Å². The largest absolute Gasteiger partial charge is 0.295 e. The second-order valence-electron chi connectivity index (χ2n) is 16.0. The fraction of sp³-hybridized carbons (Fsp3) is 0. The number of fused-ring (bicyclic) bond motifs is 8. The zero-order valence-corrected chi connectivity index (χ0v) is 34.7. The van der Waals surface area contributed by atoms with E-state index >= 15 is 0 Å². The van der Waals surface area contributed by atoms with Crippen molar-refractivity contribution < 1.29 is 0 Å². The van der Waals surface area contributed by atoms with E-state index in [9.17, 15) is 0 Å². The van der Waals surface area contributed by atoms with Gasteiger partial charge in [-0.3, -0.25) is 9.13 Å². The van der Waals surface area contributed by atoms with E-state index in [4.69, 9.17) is 15.0 Å². The third-order valence-electron chi connectivity index (χ3n) is 12.4. The van der Waals surface area contributed by atoms with Crippen LogP contribution in [0.4, 0.5) is 0 Å². The summed E-state index contributed by atoms with van der Waals surface area (Å²) >= 11 is 1.85. The summed E-state index contributed by atoms with van der Waals surface area (Å²) in [7, 11) is 0. The molecule has 0 spiro atoms. The van der Waals surface area contributed by atoms with E-state index in [1.54, 1.807) is 0 Å². The molecule has 12 aromatic rings. The molecule has 0 N–H and O–H groups in total. The van der Waals surface area contributed by atoms with Gasteiger partial charge in [-0.05, 0) is 87.6 Å². The number of hydrogen-bond acceptors (Lipinski definition) is 4. The molecule has 0 amide bonds. The maximum absolute atomic E-state index is 5.19. The molecule has 0 bridgehead atoms. The van der Waals surface area contributed by atoms with Gasteiger partial charge in [0, 0.05) is 48.3 Å². The zero-order valence-electron chi connectivity index (χ0n) is 33.9. The lowest BCUT2D eigenvalue weighted by Crippen LogP contribution is -2.05. The summed E-state index contributed by atoms with van der Waals surface area (Å²) < 4.78 is 4.89. The molecular formula is C57H35N5S. The fourth-order valence-corrected chi connectivity index (χ4v) is 10.5. The van der Waals surface area contributed by atoms with Crippen LogP contribution in [0.5, 0.6) is 0 Å². The normalized spacial score (nSPS) is 12.1. The summed E-state index contributed by atoms with van der Waals surface area (Å²) in [5.74, 6) is 1.86. The molecule has 1 aliphatic rings. The summed E-state index contributed by atoms with van der Waals surface area (Å²) in [6.07, 6.45) is 0. The van der Waals surface area contributed by atoms with Crippen molar-refractivity contribution in [3.63, 3.8) is 0 Å². The topological polar surface area (TPSA) is 48.5 Å². The molecule has 3 aromatic heterocycles. The summed E-state index contributed by atoms with van der Waals surface area (Å²) in [5, 5.41) is 6.21. The molecule has 6 heteroatoms. The minimum atomic E-state index is 0.617. The van der Waals surface area contributed by atoms with Crippen LogP contribution in [0, 0.1) is 0 Å². The van der Waals surface area contributed by atoms with E-state index in [-0.39, 0.29) is 0 Å². The van der Waals surface area contributed by atoms with Gasteiger partial charge in [-0.1, -0.05) is 169 Å². The van der Waals surface area contributed by atoms with E-state index in [1.807, 2.05) is 17.8 Å². The maximum Gasteiger partial charge on any atom is 0.164 e. The Hall–Kier alpha value is -8.06. The summed E-state index contributed by atoms with van der Waals surface area (Å²) in [6, 6.07) is 75.4. The van der Waals surface area contributed by atoms with E-state index in [2.05, 4.69) is 215 Å². The molecule has 0 saturated carbocycles. The quantitative estimate of drug-likeness (QED) is 0.168. The SMILES string of the molecule is c1ccc(-c2cccc(-c3nc(-c4ccc(-c5cccc6ccccc56)cc4)nc(-c4ccc(-n5c6ccccc6c6c7cccc8c7n(c65)-c5ccccc5S8)cc4)n3)c2)cc1. The van der Waals surface area contributed by atoms with Crippen LogP contribution in [0.25, 0.3) is 111 Å². The third kappa shape index (κ3) is 5.76. The second kappa shape index (κ2) is 14.3. The highest BCUT2D eigenvalue weighted by Crippen LogP contribution is 2.49. The predicted octanol–water partition coefficient (Wildman–Crippen LogP) is 14.9. The Kier molecular flexibility index (Phi) is 8.08. The molecule has 0 saturated heterocycles. The van der Waals surface area contributed by atoms with Gasteiger partial charge in [0.25, 0.3) is 0 Å². The van der Waals surface area contributed by atoms with Gasteiger partial charge in [0.05, 0.1) is 16.7 Å². The minimum Gasteiger partial charge on any atom is -0.295 e. The highest BCUT2D eigenvalue weighted by molar-refractivity contribution is 7.99. The molecule has 0 unspecified atom stereocenters.